The summed E-state index contributed by atoms with van der Waals surface area (Å²) in [7, 11) is 0. The maximum absolute atomic E-state index is 12.7. The van der Waals surface area contributed by atoms with Crippen molar-refractivity contribution in [1.82, 2.24) is 0 Å². The molecule has 0 saturated heterocycles. The Hall–Kier alpha value is -2.73. The van der Waals surface area contributed by atoms with Gasteiger partial charge in [0.1, 0.15) is 0 Å². The van der Waals surface area contributed by atoms with Crippen LogP contribution in [-0.4, -0.2) is 3.21 Å². The molecule has 2 aliphatic rings. The molecule has 6 rings (SSSR count). The minimum atomic E-state index is -4.49. The van der Waals surface area contributed by atoms with Gasteiger partial charge >= 0.3 is 137 Å². The molecule has 0 radical (unpaired) electrons. The van der Waals surface area contributed by atoms with Gasteiger partial charge in [-0.3, -0.25) is 6.08 Å². The SMILES string of the molecule is Cc1[c-]c2c(cc1C(C)(C)C)-c1cc(C(C)(C)C)c(C)cc1C2.Cl.Cl.FC(F)(F)c1cccc([C](=[Zr+2])c2cccc(C(F)(F)F)c2)c1.[C-]1=CC=CC1. The van der Waals surface area contributed by atoms with E-state index in [1.165, 1.54) is 68.8 Å². The molecular formula is C43H44Cl2F6Zr. The first-order valence-electron chi connectivity index (χ1n) is 16.4. The molecule has 2 aliphatic carbocycles. The summed E-state index contributed by atoms with van der Waals surface area (Å²) in [6.07, 6.45) is 2.06. The third-order valence-corrected chi connectivity index (χ3v) is 10.0. The van der Waals surface area contributed by atoms with Gasteiger partial charge in [-0.15, -0.1) is 47.9 Å². The Morgan fingerprint density at radius 3 is 1.58 bits per heavy atom. The number of aryl methyl sites for hydroxylation is 2. The zero-order valence-corrected chi connectivity index (χ0v) is 34.7. The Bertz CT molecular complexity index is 1800. The van der Waals surface area contributed by atoms with Gasteiger partial charge in [-0.25, -0.2) is 12.2 Å². The Morgan fingerprint density at radius 1 is 0.673 bits per heavy atom. The van der Waals surface area contributed by atoms with Crippen molar-refractivity contribution in [2.24, 2.45) is 0 Å². The van der Waals surface area contributed by atoms with Crippen molar-refractivity contribution in [3.63, 3.8) is 0 Å². The fraction of sp³-hybridized carbons (Fsp3) is 0.326. The van der Waals surface area contributed by atoms with Crippen LogP contribution in [0.3, 0.4) is 0 Å². The van der Waals surface area contributed by atoms with E-state index in [0.717, 1.165) is 61.3 Å². The van der Waals surface area contributed by atoms with E-state index in [2.05, 4.69) is 91.8 Å². The number of alkyl halides is 6. The molecule has 0 saturated carbocycles. The number of hydrogen-bond acceptors (Lipinski definition) is 0. The van der Waals surface area contributed by atoms with Crippen LogP contribution in [-0.2, 0) is 53.8 Å². The van der Waals surface area contributed by atoms with E-state index in [1.54, 1.807) is 0 Å². The summed E-state index contributed by atoms with van der Waals surface area (Å²) < 4.78 is 76.7. The van der Waals surface area contributed by atoms with Crippen LogP contribution >= 0.6 is 24.8 Å². The van der Waals surface area contributed by atoms with E-state index < -0.39 is 23.5 Å². The Labute approximate surface area is 332 Å². The molecule has 0 aromatic heterocycles. The molecule has 0 N–H and O–H groups in total. The zero-order chi connectivity index (χ0) is 37.2. The Kier molecular flexibility index (Phi) is 15.4. The van der Waals surface area contributed by atoms with E-state index in [4.69, 9.17) is 0 Å². The second kappa shape index (κ2) is 17.6. The minimum Gasteiger partial charge on any atom is -0.273 e. The van der Waals surface area contributed by atoms with Gasteiger partial charge in [0, 0.05) is 0 Å². The van der Waals surface area contributed by atoms with Crippen LogP contribution in [0.15, 0.2) is 85.0 Å². The molecule has 0 bridgehead atoms. The van der Waals surface area contributed by atoms with Crippen LogP contribution in [0.2, 0.25) is 0 Å². The number of allylic oxidation sites excluding steroid dienone is 4. The molecule has 0 aliphatic heterocycles. The summed E-state index contributed by atoms with van der Waals surface area (Å²) in [6, 6.07) is 20.1. The van der Waals surface area contributed by atoms with Crippen molar-refractivity contribution in [2.75, 3.05) is 0 Å². The predicted octanol–water partition coefficient (Wildman–Crippen LogP) is 13.3. The van der Waals surface area contributed by atoms with Crippen molar-refractivity contribution in [1.29, 1.82) is 0 Å². The van der Waals surface area contributed by atoms with E-state index in [0.29, 0.717) is 3.21 Å². The second-order valence-electron chi connectivity index (χ2n) is 14.7. The smallest absolute Gasteiger partial charge is 0.109 e. The summed E-state index contributed by atoms with van der Waals surface area (Å²) in [5.74, 6) is 0. The topological polar surface area (TPSA) is 0 Å². The van der Waals surface area contributed by atoms with Crippen LogP contribution in [0.25, 0.3) is 11.1 Å². The van der Waals surface area contributed by atoms with E-state index in [9.17, 15) is 26.3 Å². The van der Waals surface area contributed by atoms with Crippen molar-refractivity contribution in [3.8, 4) is 11.1 Å². The first kappa shape index (κ1) is 45.4. The van der Waals surface area contributed by atoms with Gasteiger partial charge in [0.2, 0.25) is 0 Å². The van der Waals surface area contributed by atoms with Gasteiger partial charge in [0.15, 0.2) is 0 Å². The van der Waals surface area contributed by atoms with Crippen molar-refractivity contribution in [3.05, 3.63) is 153 Å². The summed E-state index contributed by atoms with van der Waals surface area (Å²) in [4.78, 5) is 0. The van der Waals surface area contributed by atoms with Gasteiger partial charge in [-0.05, 0) is 35.4 Å². The number of fused-ring (bicyclic) bond motifs is 3. The van der Waals surface area contributed by atoms with E-state index in [1.807, 2.05) is 12.2 Å². The summed E-state index contributed by atoms with van der Waals surface area (Å²) in [5.41, 5.74) is 10.5. The molecule has 0 fully saturated rings. The maximum Gasteiger partial charge on any atom is -0.109 e. The molecule has 276 valence electrons. The maximum atomic E-state index is 12.7. The van der Waals surface area contributed by atoms with Gasteiger partial charge in [0.25, 0.3) is 0 Å². The molecule has 9 heteroatoms. The fourth-order valence-corrected chi connectivity index (χ4v) is 7.00. The number of hydrogen-bond donors (Lipinski definition) is 0. The number of benzene rings is 4. The standard InChI is InChI=1S/C23H29.C15H8F6.C5H5.2ClH.Zr/c1-14-9-16-11-17-10-15(2)21(23(6,7)8)13-19(17)18(16)12-20(14)22(3,4)5;16-14(17,18)12-5-1-3-10(8-12)7-11-4-2-6-13(9-11)15(19,20)21;1-2-4-5-3-1;;;/h9,12-13H,11H2,1-8H3;1-6,8-9H;1-3H,4H2;2*1H;/q-1;;-1;;;+2. The first-order chi connectivity index (χ1) is 23.1. The van der Waals surface area contributed by atoms with Gasteiger partial charge in [-0.1, -0.05) is 71.6 Å². The number of halogens is 8. The molecule has 0 heterocycles. The third kappa shape index (κ3) is 11.4. The van der Waals surface area contributed by atoms with E-state index in [-0.39, 0.29) is 46.8 Å². The van der Waals surface area contributed by atoms with Crippen LogP contribution in [0, 0.1) is 26.0 Å². The summed E-state index contributed by atoms with van der Waals surface area (Å²) in [5, 5.41) is 0. The average molecular weight is 837 g/mol. The van der Waals surface area contributed by atoms with Crippen molar-refractivity contribution >= 4 is 28.0 Å². The monoisotopic (exact) mass is 834 g/mol. The molecule has 52 heavy (non-hydrogen) atoms. The molecule has 0 nitrogen and oxygen atoms in total. The molecular weight excluding hydrogens is 793 g/mol. The van der Waals surface area contributed by atoms with Gasteiger partial charge < -0.3 is 0 Å². The van der Waals surface area contributed by atoms with Crippen LogP contribution in [0.5, 0.6) is 0 Å². The second-order valence-corrected chi connectivity index (χ2v) is 16.0. The first-order valence-corrected chi connectivity index (χ1v) is 17.7. The normalized spacial score (nSPS) is 13.1. The Morgan fingerprint density at radius 2 is 1.17 bits per heavy atom. The molecule has 0 atom stereocenters. The average Bonchev–Trinajstić information content (AvgIpc) is 3.70. The molecule has 0 unspecified atom stereocenters. The van der Waals surface area contributed by atoms with Crippen LogP contribution < -0.4 is 0 Å². The summed E-state index contributed by atoms with van der Waals surface area (Å²) >= 11 is 0.729. The Balaban J connectivity index is 0.000000307. The predicted molar refractivity (Wildman–Crippen MR) is 203 cm³/mol. The van der Waals surface area contributed by atoms with E-state index >= 15 is 0 Å². The number of rotatable bonds is 2. The van der Waals surface area contributed by atoms with Gasteiger partial charge in [-0.2, -0.15) is 23.8 Å². The molecule has 4 aromatic rings. The van der Waals surface area contributed by atoms with Crippen molar-refractivity contribution in [2.45, 2.75) is 91.4 Å². The molecule has 0 spiro atoms. The van der Waals surface area contributed by atoms with Crippen LogP contribution in [0.4, 0.5) is 26.3 Å². The molecule has 4 aromatic carbocycles. The van der Waals surface area contributed by atoms with Gasteiger partial charge in [0.05, 0.1) is 0 Å². The zero-order valence-electron chi connectivity index (χ0n) is 30.6. The minimum absolute atomic E-state index is 0. The quantitative estimate of drug-likeness (QED) is 0.123. The van der Waals surface area contributed by atoms with Crippen molar-refractivity contribution < 1.29 is 50.6 Å². The third-order valence-electron chi connectivity index (χ3n) is 8.62. The molecule has 0 amide bonds. The largest absolute Gasteiger partial charge is 0.273 e. The fourth-order valence-electron chi connectivity index (χ4n) is 6.23. The summed E-state index contributed by atoms with van der Waals surface area (Å²) in [6.45, 7) is 18.2. The van der Waals surface area contributed by atoms with Crippen LogP contribution in [0.1, 0.15) is 104 Å².